The Morgan fingerprint density at radius 3 is 2.62 bits per heavy atom. The maximum absolute atomic E-state index is 4.47. The van der Waals surface area contributed by atoms with Crippen molar-refractivity contribution >= 4 is 5.82 Å². The van der Waals surface area contributed by atoms with Crippen molar-refractivity contribution in [1.29, 1.82) is 0 Å². The summed E-state index contributed by atoms with van der Waals surface area (Å²) in [5.74, 6) is 0.741. The molecular weight excluding hydrogens is 106 g/mol. The molecule has 0 aliphatic heterocycles. The lowest BCUT2D eigenvalue weighted by Crippen LogP contribution is -2.08. The molecule has 0 unspecified atom stereocenters. The molecule has 0 atom stereocenters. The summed E-state index contributed by atoms with van der Waals surface area (Å²) in [6.07, 6.45) is 1.49. The van der Waals surface area contributed by atoms with Crippen LogP contribution in [0.3, 0.4) is 0 Å². The highest BCUT2D eigenvalue weighted by Gasteiger charge is 1.95. The van der Waals surface area contributed by atoms with E-state index in [1.54, 1.807) is 0 Å². The van der Waals surface area contributed by atoms with Crippen LogP contribution in [-0.2, 0) is 0 Å². The maximum atomic E-state index is 4.47. The van der Waals surface area contributed by atoms with Gasteiger partial charge >= 0.3 is 0 Å². The highest BCUT2D eigenvalue weighted by molar-refractivity contribution is 5.29. The van der Waals surface area contributed by atoms with E-state index in [-0.39, 0.29) is 0 Å². The quantitative estimate of drug-likeness (QED) is 0.519. The summed E-state index contributed by atoms with van der Waals surface area (Å²) in [7, 11) is 3.75. The van der Waals surface area contributed by atoms with Gasteiger partial charge in [0.25, 0.3) is 0 Å². The third kappa shape index (κ3) is 0.776. The van der Waals surface area contributed by atoms with E-state index in [4.69, 9.17) is 0 Å². The lowest BCUT2D eigenvalue weighted by Gasteiger charge is -2.02. The maximum Gasteiger partial charge on any atom is 0.192 e. The highest BCUT2D eigenvalue weighted by atomic mass is 16.5. The predicted octanol–water partition coefficient (Wildman–Crippen LogP) is 0.136. The molecule has 0 aliphatic carbocycles. The molecule has 0 fully saturated rings. The summed E-state index contributed by atoms with van der Waals surface area (Å²) in [5.41, 5.74) is 0. The number of nitrogens with zero attached hydrogens (tertiary/aromatic N) is 3. The first-order valence-corrected chi connectivity index (χ1v) is 2.25. The van der Waals surface area contributed by atoms with Gasteiger partial charge in [-0.05, 0) is 0 Å². The van der Waals surface area contributed by atoms with E-state index >= 15 is 0 Å². The zero-order chi connectivity index (χ0) is 5.98. The molecule has 44 valence electrons. The van der Waals surface area contributed by atoms with Crippen molar-refractivity contribution in [3.8, 4) is 0 Å². The Morgan fingerprint density at radius 1 is 1.62 bits per heavy atom. The molecule has 0 saturated heterocycles. The van der Waals surface area contributed by atoms with Gasteiger partial charge in [-0.3, -0.25) is 0 Å². The number of aromatic nitrogens is 2. The smallest absolute Gasteiger partial charge is 0.192 e. The van der Waals surface area contributed by atoms with Crippen LogP contribution in [0.5, 0.6) is 0 Å². The summed E-state index contributed by atoms with van der Waals surface area (Å²) in [6.45, 7) is 0. The zero-order valence-corrected chi connectivity index (χ0v) is 4.83. The molecule has 4 heteroatoms. The molecule has 0 aliphatic rings. The molecule has 1 heterocycles. The van der Waals surface area contributed by atoms with Crippen molar-refractivity contribution in [3.05, 3.63) is 6.26 Å². The average molecular weight is 113 g/mol. The molecule has 0 spiro atoms. The second-order valence-electron chi connectivity index (χ2n) is 1.66. The van der Waals surface area contributed by atoms with Gasteiger partial charge in [0.1, 0.15) is 0 Å². The molecule has 4 nitrogen and oxygen atoms in total. The first-order chi connectivity index (χ1) is 3.80. The van der Waals surface area contributed by atoms with Crippen LogP contribution in [0, 0.1) is 0 Å². The largest absolute Gasteiger partial charge is 0.358 e. The van der Waals surface area contributed by atoms with E-state index in [2.05, 4.69) is 14.9 Å². The Bertz CT molecular complexity index is 146. The van der Waals surface area contributed by atoms with Crippen LogP contribution in [-0.4, -0.2) is 24.5 Å². The first-order valence-electron chi connectivity index (χ1n) is 2.25. The van der Waals surface area contributed by atoms with Crippen LogP contribution in [0.25, 0.3) is 0 Å². The average Bonchev–Trinajstić information content (AvgIpc) is 2.12. The van der Waals surface area contributed by atoms with Gasteiger partial charge in [0.15, 0.2) is 12.1 Å². The lowest BCUT2D eigenvalue weighted by molar-refractivity contribution is 0.393. The van der Waals surface area contributed by atoms with Gasteiger partial charge in [-0.1, -0.05) is 5.10 Å². The molecular formula is C4H7N3O. The normalized spacial score (nSPS) is 9.25. The molecule has 0 saturated carbocycles. The minimum Gasteiger partial charge on any atom is -0.358 e. The zero-order valence-electron chi connectivity index (χ0n) is 4.83. The molecule has 0 amide bonds. The Hall–Kier alpha value is -1.06. The summed E-state index contributed by atoms with van der Waals surface area (Å²) in [4.78, 5) is 1.82. The van der Waals surface area contributed by atoms with E-state index in [0.717, 1.165) is 5.82 Å². The molecule has 1 rings (SSSR count). The van der Waals surface area contributed by atoms with Crippen molar-refractivity contribution in [2.45, 2.75) is 0 Å². The summed E-state index contributed by atoms with van der Waals surface area (Å²) in [6, 6.07) is 0. The molecule has 0 aromatic carbocycles. The van der Waals surface area contributed by atoms with Crippen molar-refractivity contribution in [3.63, 3.8) is 0 Å². The van der Waals surface area contributed by atoms with Crippen LogP contribution < -0.4 is 4.90 Å². The summed E-state index contributed by atoms with van der Waals surface area (Å²) in [5, 5.41) is 6.90. The van der Waals surface area contributed by atoms with E-state index in [1.165, 1.54) is 6.26 Å². The summed E-state index contributed by atoms with van der Waals surface area (Å²) >= 11 is 0. The van der Waals surface area contributed by atoms with Gasteiger partial charge in [0.2, 0.25) is 0 Å². The van der Waals surface area contributed by atoms with Crippen LogP contribution >= 0.6 is 0 Å². The van der Waals surface area contributed by atoms with Crippen molar-refractivity contribution < 1.29 is 4.52 Å². The van der Waals surface area contributed by atoms with Gasteiger partial charge in [0.05, 0.1) is 0 Å². The fraction of sp³-hybridized carbons (Fsp3) is 0.500. The predicted molar refractivity (Wildman–Crippen MR) is 28.6 cm³/mol. The Kier molecular flexibility index (Phi) is 1.15. The second-order valence-corrected chi connectivity index (χ2v) is 1.66. The van der Waals surface area contributed by atoms with Gasteiger partial charge in [-0.15, -0.1) is 0 Å². The fourth-order valence-electron chi connectivity index (χ4n) is 0.355. The number of anilines is 1. The van der Waals surface area contributed by atoms with Crippen molar-refractivity contribution in [1.82, 2.24) is 10.4 Å². The SMILES string of the molecule is CN(C)c1conn1. The van der Waals surface area contributed by atoms with Crippen LogP contribution in [0.2, 0.25) is 0 Å². The first kappa shape index (κ1) is 5.08. The third-order valence-corrected chi connectivity index (χ3v) is 0.807. The number of hydrogen-bond donors (Lipinski definition) is 0. The molecule has 0 N–H and O–H groups in total. The molecule has 0 radical (unpaired) electrons. The van der Waals surface area contributed by atoms with Gasteiger partial charge in [0, 0.05) is 19.4 Å². The third-order valence-electron chi connectivity index (χ3n) is 0.807. The molecule has 0 bridgehead atoms. The van der Waals surface area contributed by atoms with E-state index in [1.807, 2.05) is 19.0 Å². The topological polar surface area (TPSA) is 42.2 Å². The van der Waals surface area contributed by atoms with Crippen molar-refractivity contribution in [2.24, 2.45) is 0 Å². The Labute approximate surface area is 47.1 Å². The van der Waals surface area contributed by atoms with E-state index in [0.29, 0.717) is 0 Å². The molecule has 1 aromatic heterocycles. The van der Waals surface area contributed by atoms with Gasteiger partial charge < -0.3 is 9.42 Å². The van der Waals surface area contributed by atoms with Gasteiger partial charge in [-0.2, -0.15) is 0 Å². The Balaban J connectivity index is 2.77. The summed E-state index contributed by atoms with van der Waals surface area (Å²) < 4.78 is 4.47. The van der Waals surface area contributed by atoms with E-state index in [9.17, 15) is 0 Å². The minimum atomic E-state index is 0.741. The minimum absolute atomic E-state index is 0.741. The van der Waals surface area contributed by atoms with Gasteiger partial charge in [-0.25, -0.2) is 0 Å². The van der Waals surface area contributed by atoms with Crippen molar-refractivity contribution in [2.75, 3.05) is 19.0 Å². The lowest BCUT2D eigenvalue weighted by atomic mass is 10.7. The monoisotopic (exact) mass is 113 g/mol. The highest BCUT2D eigenvalue weighted by Crippen LogP contribution is 2.00. The molecule has 8 heavy (non-hydrogen) atoms. The molecule has 1 aromatic rings. The number of rotatable bonds is 1. The fourth-order valence-corrected chi connectivity index (χ4v) is 0.355. The van der Waals surface area contributed by atoms with Crippen LogP contribution in [0.1, 0.15) is 0 Å². The Morgan fingerprint density at radius 2 is 2.38 bits per heavy atom. The van der Waals surface area contributed by atoms with Crippen LogP contribution in [0.15, 0.2) is 10.8 Å². The second kappa shape index (κ2) is 1.81. The number of hydrogen-bond acceptors (Lipinski definition) is 4. The van der Waals surface area contributed by atoms with Crippen LogP contribution in [0.4, 0.5) is 5.82 Å². The van der Waals surface area contributed by atoms with E-state index < -0.39 is 0 Å². The standard InChI is InChI=1S/C4H7N3O/c1-7(2)4-3-8-6-5-4/h3H,1-2H3.